The molecular weight excluding hydrogens is 272 g/mol. The summed E-state index contributed by atoms with van der Waals surface area (Å²) in [6.45, 7) is 1.37. The van der Waals surface area contributed by atoms with E-state index < -0.39 is 34.6 Å². The molecule has 0 saturated heterocycles. The third kappa shape index (κ3) is 2.57. The molecule has 2 rings (SSSR count). The molecule has 0 unspecified atom stereocenters. The van der Waals surface area contributed by atoms with Gasteiger partial charge in [-0.05, 0) is 30.7 Å². The van der Waals surface area contributed by atoms with Crippen molar-refractivity contribution in [3.8, 4) is 6.07 Å². The fourth-order valence-electron chi connectivity index (χ4n) is 1.63. The molecule has 0 saturated carbocycles. The van der Waals surface area contributed by atoms with Gasteiger partial charge in [-0.25, -0.2) is 17.6 Å². The molecule has 1 N–H and O–H groups in total. The molecule has 2 nitrogen and oxygen atoms in total. The normalized spacial score (nSPS) is 10.2. The van der Waals surface area contributed by atoms with Crippen LogP contribution in [0, 0.1) is 41.5 Å². The third-order valence-corrected chi connectivity index (χ3v) is 2.68. The largest absolute Gasteiger partial charge is 0.348 e. The summed E-state index contributed by atoms with van der Waals surface area (Å²) >= 11 is 0. The van der Waals surface area contributed by atoms with Crippen molar-refractivity contribution in [3.63, 3.8) is 0 Å². The zero-order valence-corrected chi connectivity index (χ0v) is 10.3. The lowest BCUT2D eigenvalue weighted by molar-refractivity contribution is 0.584. The van der Waals surface area contributed by atoms with Crippen molar-refractivity contribution in [2.75, 3.05) is 5.32 Å². The van der Waals surface area contributed by atoms with Gasteiger partial charge in [0.15, 0.2) is 11.6 Å². The van der Waals surface area contributed by atoms with Crippen molar-refractivity contribution in [1.82, 2.24) is 0 Å². The number of benzene rings is 2. The first-order valence-electron chi connectivity index (χ1n) is 5.54. The monoisotopic (exact) mass is 280 g/mol. The van der Waals surface area contributed by atoms with Crippen LogP contribution in [0.4, 0.5) is 28.9 Å². The van der Waals surface area contributed by atoms with E-state index in [2.05, 4.69) is 5.32 Å². The van der Waals surface area contributed by atoms with E-state index in [9.17, 15) is 17.6 Å². The van der Waals surface area contributed by atoms with Gasteiger partial charge < -0.3 is 5.32 Å². The first-order valence-corrected chi connectivity index (χ1v) is 5.54. The predicted molar refractivity (Wildman–Crippen MR) is 65.5 cm³/mol. The second-order valence-electron chi connectivity index (χ2n) is 4.13. The number of hydrogen-bond acceptors (Lipinski definition) is 2. The van der Waals surface area contributed by atoms with Crippen LogP contribution in [0.1, 0.15) is 11.1 Å². The molecule has 0 aliphatic heterocycles. The van der Waals surface area contributed by atoms with Gasteiger partial charge >= 0.3 is 0 Å². The topological polar surface area (TPSA) is 35.8 Å². The average Bonchev–Trinajstić information content (AvgIpc) is 2.39. The maximum Gasteiger partial charge on any atom is 0.150 e. The summed E-state index contributed by atoms with van der Waals surface area (Å²) in [4.78, 5) is 0. The van der Waals surface area contributed by atoms with Crippen LogP contribution in [-0.4, -0.2) is 0 Å². The number of nitrogens with one attached hydrogen (secondary N) is 1. The van der Waals surface area contributed by atoms with E-state index in [1.807, 2.05) is 0 Å². The number of aryl methyl sites for hydroxylation is 1. The highest BCUT2D eigenvalue weighted by Crippen LogP contribution is 2.27. The van der Waals surface area contributed by atoms with Crippen LogP contribution in [0.25, 0.3) is 0 Å². The highest BCUT2D eigenvalue weighted by molar-refractivity contribution is 5.63. The molecule has 0 radical (unpaired) electrons. The van der Waals surface area contributed by atoms with Crippen LogP contribution < -0.4 is 5.32 Å². The zero-order valence-electron chi connectivity index (χ0n) is 10.3. The molecule has 0 heterocycles. The van der Waals surface area contributed by atoms with Gasteiger partial charge in [-0.1, -0.05) is 0 Å². The van der Waals surface area contributed by atoms with Gasteiger partial charge in [0.05, 0.1) is 17.3 Å². The summed E-state index contributed by atoms with van der Waals surface area (Å²) in [5.41, 5.74) is -1.17. The molecule has 0 aliphatic carbocycles. The van der Waals surface area contributed by atoms with Crippen LogP contribution in [0.5, 0.6) is 0 Å². The fourth-order valence-corrected chi connectivity index (χ4v) is 1.63. The minimum Gasteiger partial charge on any atom is -0.348 e. The molecule has 2 aromatic rings. The van der Waals surface area contributed by atoms with E-state index in [0.29, 0.717) is 0 Å². The second kappa shape index (κ2) is 5.21. The van der Waals surface area contributed by atoms with Crippen molar-refractivity contribution >= 4 is 11.4 Å². The van der Waals surface area contributed by atoms with Gasteiger partial charge in [0, 0.05) is 6.07 Å². The smallest absolute Gasteiger partial charge is 0.150 e. The highest BCUT2D eigenvalue weighted by Gasteiger charge is 2.14. The predicted octanol–water partition coefficient (Wildman–Crippen LogP) is 4.17. The first-order chi connectivity index (χ1) is 9.42. The van der Waals surface area contributed by atoms with Gasteiger partial charge in [-0.15, -0.1) is 0 Å². The van der Waals surface area contributed by atoms with E-state index >= 15 is 0 Å². The van der Waals surface area contributed by atoms with E-state index in [-0.39, 0.29) is 11.1 Å². The van der Waals surface area contributed by atoms with E-state index in [1.165, 1.54) is 6.92 Å². The summed E-state index contributed by atoms with van der Waals surface area (Å²) in [5, 5.41) is 10.7. The summed E-state index contributed by atoms with van der Waals surface area (Å²) in [5.74, 6) is -3.68. The maximum atomic E-state index is 13.6. The van der Waals surface area contributed by atoms with Crippen LogP contribution in [0.15, 0.2) is 24.3 Å². The standard InChI is InChI=1S/C14H8F4N2/c1-7-2-10(16)13(5-9(7)15)20-14-11(17)3-8(6-19)4-12(14)18/h2-5,20H,1H3. The van der Waals surface area contributed by atoms with Gasteiger partial charge in [0.2, 0.25) is 0 Å². The van der Waals surface area contributed by atoms with Crippen molar-refractivity contribution < 1.29 is 17.6 Å². The van der Waals surface area contributed by atoms with Crippen LogP contribution in [0.2, 0.25) is 0 Å². The number of rotatable bonds is 2. The highest BCUT2D eigenvalue weighted by atomic mass is 19.1. The SMILES string of the molecule is Cc1cc(F)c(Nc2c(F)cc(C#N)cc2F)cc1F. The molecule has 0 spiro atoms. The summed E-state index contributed by atoms with van der Waals surface area (Å²) < 4.78 is 54.2. The molecule has 6 heteroatoms. The Balaban J connectivity index is 2.46. The van der Waals surface area contributed by atoms with Crippen molar-refractivity contribution in [3.05, 3.63) is 58.7 Å². The van der Waals surface area contributed by atoms with E-state index in [4.69, 9.17) is 5.26 Å². The lowest BCUT2D eigenvalue weighted by atomic mass is 10.1. The number of nitrogens with zero attached hydrogens (tertiary/aromatic N) is 1. The average molecular weight is 280 g/mol. The number of nitriles is 1. The van der Waals surface area contributed by atoms with Gasteiger partial charge in [0.1, 0.15) is 17.3 Å². The summed E-state index contributed by atoms with van der Waals surface area (Å²) in [7, 11) is 0. The van der Waals surface area contributed by atoms with Crippen LogP contribution >= 0.6 is 0 Å². The third-order valence-electron chi connectivity index (χ3n) is 2.68. The lowest BCUT2D eigenvalue weighted by Crippen LogP contribution is -2.02. The first kappa shape index (κ1) is 13.9. The van der Waals surface area contributed by atoms with Crippen molar-refractivity contribution in [2.45, 2.75) is 6.92 Å². The molecule has 0 bridgehead atoms. The minimum atomic E-state index is -1.07. The molecule has 2 aromatic carbocycles. The van der Waals surface area contributed by atoms with Gasteiger partial charge in [-0.3, -0.25) is 0 Å². The molecular formula is C14H8F4N2. The van der Waals surface area contributed by atoms with Crippen molar-refractivity contribution in [1.29, 1.82) is 5.26 Å². The molecule has 0 aromatic heterocycles. The molecule has 102 valence electrons. The summed E-state index contributed by atoms with van der Waals surface area (Å²) in [6.07, 6.45) is 0. The number of halogens is 4. The van der Waals surface area contributed by atoms with Crippen molar-refractivity contribution in [2.24, 2.45) is 0 Å². The lowest BCUT2D eigenvalue weighted by Gasteiger charge is -2.11. The van der Waals surface area contributed by atoms with E-state index in [1.54, 1.807) is 6.07 Å². The Bertz CT molecular complexity index is 697. The Morgan fingerprint density at radius 2 is 1.50 bits per heavy atom. The Morgan fingerprint density at radius 3 is 2.05 bits per heavy atom. The summed E-state index contributed by atoms with van der Waals surface area (Å²) in [6, 6.07) is 4.91. The van der Waals surface area contributed by atoms with E-state index in [0.717, 1.165) is 24.3 Å². The van der Waals surface area contributed by atoms with Crippen LogP contribution in [-0.2, 0) is 0 Å². The minimum absolute atomic E-state index is 0.0776. The number of hydrogen-bond donors (Lipinski definition) is 1. The molecule has 0 atom stereocenters. The molecule has 0 amide bonds. The Morgan fingerprint density at radius 1 is 0.900 bits per heavy atom. The van der Waals surface area contributed by atoms with Crippen LogP contribution in [0.3, 0.4) is 0 Å². The quantitative estimate of drug-likeness (QED) is 0.838. The number of anilines is 2. The fraction of sp³-hybridized carbons (Fsp3) is 0.0714. The Hall–Kier alpha value is -2.55. The molecule has 0 aliphatic rings. The Labute approximate surface area is 112 Å². The molecule has 20 heavy (non-hydrogen) atoms. The van der Waals surface area contributed by atoms with Gasteiger partial charge in [-0.2, -0.15) is 5.26 Å². The Kier molecular flexibility index (Phi) is 3.61. The zero-order chi connectivity index (χ0) is 14.9. The molecule has 0 fully saturated rings. The van der Waals surface area contributed by atoms with Gasteiger partial charge in [0.25, 0.3) is 0 Å². The second-order valence-corrected chi connectivity index (χ2v) is 4.13. The maximum absolute atomic E-state index is 13.6.